The van der Waals surface area contributed by atoms with E-state index in [4.69, 9.17) is 21.1 Å². The number of rotatable bonds is 8. The number of hydrogen-bond acceptors (Lipinski definition) is 7. The Morgan fingerprint density at radius 2 is 2.00 bits per heavy atom. The molecule has 1 N–H and O–H groups in total. The van der Waals surface area contributed by atoms with E-state index in [1.54, 1.807) is 31.0 Å². The van der Waals surface area contributed by atoms with Crippen LogP contribution in [0.3, 0.4) is 0 Å². The second-order valence-electron chi connectivity index (χ2n) is 6.34. The van der Waals surface area contributed by atoms with Gasteiger partial charge in [0.2, 0.25) is 17.7 Å². The van der Waals surface area contributed by atoms with Crippen LogP contribution < -0.4 is 20.3 Å². The second-order valence-corrected chi connectivity index (χ2v) is 7.77. The van der Waals surface area contributed by atoms with Crippen molar-refractivity contribution < 1.29 is 9.47 Å². The van der Waals surface area contributed by atoms with E-state index in [0.29, 0.717) is 39.9 Å². The topological polar surface area (TPSA) is 78.3 Å². The van der Waals surface area contributed by atoms with Crippen LogP contribution >= 0.6 is 23.4 Å². The van der Waals surface area contributed by atoms with E-state index < -0.39 is 0 Å². The first-order valence-electron chi connectivity index (χ1n) is 9.31. The van der Waals surface area contributed by atoms with Gasteiger partial charge in [-0.15, -0.1) is 11.8 Å². The van der Waals surface area contributed by atoms with Gasteiger partial charge in [0.15, 0.2) is 0 Å². The van der Waals surface area contributed by atoms with E-state index in [2.05, 4.69) is 15.3 Å². The number of nitrogens with zero attached hydrogens (tertiary/aromatic N) is 3. The van der Waals surface area contributed by atoms with E-state index in [-0.39, 0.29) is 5.56 Å². The fourth-order valence-corrected chi connectivity index (χ4v) is 3.90. The lowest BCUT2D eigenvalue weighted by Gasteiger charge is -2.15. The van der Waals surface area contributed by atoms with Gasteiger partial charge in [0.1, 0.15) is 0 Å². The van der Waals surface area contributed by atoms with Crippen LogP contribution in [-0.2, 0) is 12.3 Å². The molecule has 0 radical (unpaired) electrons. The Labute approximate surface area is 184 Å². The van der Waals surface area contributed by atoms with Crippen molar-refractivity contribution in [3.05, 3.63) is 63.0 Å². The lowest BCUT2D eigenvalue weighted by atomic mass is 10.2. The number of methoxy groups -OCH3 is 2. The van der Waals surface area contributed by atoms with Gasteiger partial charge in [0.25, 0.3) is 5.56 Å². The summed E-state index contributed by atoms with van der Waals surface area (Å²) in [7, 11) is 3.11. The summed E-state index contributed by atoms with van der Waals surface area (Å²) in [5, 5.41) is 3.87. The van der Waals surface area contributed by atoms with Crippen LogP contribution in [0.25, 0.3) is 0 Å². The fourth-order valence-electron chi connectivity index (χ4n) is 2.84. The fraction of sp³-hybridized carbons (Fsp3) is 0.286. The number of aromatic nitrogens is 3. The molecule has 0 saturated carbocycles. The van der Waals surface area contributed by atoms with Crippen molar-refractivity contribution in [2.75, 3.05) is 19.5 Å². The molecule has 0 aliphatic heterocycles. The largest absolute Gasteiger partial charge is 0.481 e. The normalized spacial score (nSPS) is 10.7. The first-order valence-corrected chi connectivity index (χ1v) is 10.7. The molecule has 0 aliphatic carbocycles. The number of anilines is 2. The van der Waals surface area contributed by atoms with Crippen molar-refractivity contribution in [2.45, 2.75) is 31.0 Å². The zero-order chi connectivity index (χ0) is 21.7. The molecule has 30 heavy (non-hydrogen) atoms. The molecule has 0 aliphatic rings. The van der Waals surface area contributed by atoms with Gasteiger partial charge in [-0.3, -0.25) is 9.36 Å². The van der Waals surface area contributed by atoms with Gasteiger partial charge in [-0.2, -0.15) is 4.98 Å². The molecule has 7 nitrogen and oxygen atoms in total. The Bertz CT molecular complexity index is 1100. The Hall–Kier alpha value is -2.71. The van der Waals surface area contributed by atoms with Gasteiger partial charge < -0.3 is 14.8 Å². The summed E-state index contributed by atoms with van der Waals surface area (Å²) in [6.45, 7) is 4.30. The quantitative estimate of drug-likeness (QED) is 0.503. The summed E-state index contributed by atoms with van der Waals surface area (Å²) < 4.78 is 12.1. The van der Waals surface area contributed by atoms with Crippen LogP contribution in [-0.4, -0.2) is 28.8 Å². The molecule has 0 saturated heterocycles. The van der Waals surface area contributed by atoms with Gasteiger partial charge in [-0.1, -0.05) is 17.7 Å². The van der Waals surface area contributed by atoms with E-state index in [0.717, 1.165) is 16.8 Å². The first kappa shape index (κ1) is 22.0. The third-order valence-corrected chi connectivity index (χ3v) is 6.00. The monoisotopic (exact) mass is 446 g/mol. The third-order valence-electron chi connectivity index (χ3n) is 4.55. The predicted octanol–water partition coefficient (Wildman–Crippen LogP) is 4.67. The molecule has 3 aromatic rings. The van der Waals surface area contributed by atoms with Gasteiger partial charge in [-0.25, -0.2) is 4.98 Å². The average molecular weight is 447 g/mol. The van der Waals surface area contributed by atoms with Crippen LogP contribution in [0.4, 0.5) is 11.6 Å². The summed E-state index contributed by atoms with van der Waals surface area (Å²) in [5.74, 6) is 1.93. The van der Waals surface area contributed by atoms with Gasteiger partial charge in [0, 0.05) is 34.6 Å². The summed E-state index contributed by atoms with van der Waals surface area (Å²) in [6, 6.07) is 9.22. The number of benzene rings is 1. The second kappa shape index (κ2) is 9.86. The van der Waals surface area contributed by atoms with Crippen LogP contribution in [0.1, 0.15) is 18.1 Å². The van der Waals surface area contributed by atoms with Crippen molar-refractivity contribution >= 4 is 35.0 Å². The Kier molecular flexibility index (Phi) is 7.23. The number of thioether (sulfide) groups is 1. The Morgan fingerprint density at radius 1 is 1.20 bits per heavy atom. The highest BCUT2D eigenvalue weighted by atomic mass is 35.5. The van der Waals surface area contributed by atoms with Gasteiger partial charge in [-0.05, 0) is 37.6 Å². The summed E-state index contributed by atoms with van der Waals surface area (Å²) >= 11 is 7.59. The molecule has 9 heteroatoms. The zero-order valence-electron chi connectivity index (χ0n) is 17.2. The lowest BCUT2D eigenvalue weighted by Crippen LogP contribution is -2.24. The van der Waals surface area contributed by atoms with Crippen LogP contribution in [0.2, 0.25) is 5.02 Å². The van der Waals surface area contributed by atoms with Crippen molar-refractivity contribution in [3.63, 3.8) is 0 Å². The number of nitrogens with one attached hydrogen (secondary N) is 1. The van der Waals surface area contributed by atoms with Crippen LogP contribution in [0, 0.1) is 6.92 Å². The van der Waals surface area contributed by atoms with E-state index in [1.807, 2.05) is 38.1 Å². The summed E-state index contributed by atoms with van der Waals surface area (Å²) in [4.78, 5) is 22.3. The Balaban J connectivity index is 1.84. The number of hydrogen-bond donors (Lipinski definition) is 1. The lowest BCUT2D eigenvalue weighted by molar-refractivity contribution is 0.362. The van der Waals surface area contributed by atoms with E-state index >= 15 is 0 Å². The van der Waals surface area contributed by atoms with Crippen molar-refractivity contribution in [1.82, 2.24) is 14.5 Å². The van der Waals surface area contributed by atoms with Gasteiger partial charge in [0.05, 0.1) is 25.3 Å². The highest BCUT2D eigenvalue weighted by molar-refractivity contribution is 7.98. The summed E-state index contributed by atoms with van der Waals surface area (Å²) in [6.07, 6.45) is 1.59. The zero-order valence-corrected chi connectivity index (χ0v) is 18.8. The first-order chi connectivity index (χ1) is 14.5. The van der Waals surface area contributed by atoms with Crippen molar-refractivity contribution in [2.24, 2.45) is 0 Å². The van der Waals surface area contributed by atoms with Crippen LogP contribution in [0.5, 0.6) is 11.8 Å². The standard InChI is InChI=1S/C21H23ClN4O3S/c1-5-26-20(27)17(30-12-14-9-10-18(28-3)25-19(14)29-4)11-23-21(26)24-16-8-6-7-15(22)13(16)2/h6-11H,5,12H2,1-4H3,(H,23,24). The minimum absolute atomic E-state index is 0.111. The highest BCUT2D eigenvalue weighted by Gasteiger charge is 2.14. The molecule has 0 bridgehead atoms. The minimum atomic E-state index is -0.111. The molecule has 0 amide bonds. The molecular weight excluding hydrogens is 424 g/mol. The smallest absolute Gasteiger partial charge is 0.268 e. The highest BCUT2D eigenvalue weighted by Crippen LogP contribution is 2.28. The molecule has 0 spiro atoms. The van der Waals surface area contributed by atoms with Crippen LogP contribution in [0.15, 0.2) is 46.2 Å². The van der Waals surface area contributed by atoms with Gasteiger partial charge >= 0.3 is 0 Å². The molecule has 0 fully saturated rings. The maximum Gasteiger partial charge on any atom is 0.268 e. The Morgan fingerprint density at radius 3 is 2.70 bits per heavy atom. The minimum Gasteiger partial charge on any atom is -0.481 e. The van der Waals surface area contributed by atoms with E-state index in [1.165, 1.54) is 11.8 Å². The van der Waals surface area contributed by atoms with E-state index in [9.17, 15) is 4.79 Å². The molecule has 2 aromatic heterocycles. The summed E-state index contributed by atoms with van der Waals surface area (Å²) in [5.41, 5.74) is 2.46. The molecular formula is C21H23ClN4O3S. The number of ether oxygens (including phenoxy) is 2. The van der Waals surface area contributed by atoms with Crippen molar-refractivity contribution in [1.29, 1.82) is 0 Å². The number of pyridine rings is 1. The van der Waals surface area contributed by atoms with Crippen molar-refractivity contribution in [3.8, 4) is 11.8 Å². The molecule has 0 atom stereocenters. The predicted molar refractivity (Wildman–Crippen MR) is 121 cm³/mol. The number of halogens is 1. The molecule has 3 rings (SSSR count). The molecule has 1 aromatic carbocycles. The molecule has 0 unspecified atom stereocenters. The maximum atomic E-state index is 13.0. The third kappa shape index (κ3) is 4.71. The SMILES string of the molecule is CCn1c(Nc2cccc(Cl)c2C)ncc(SCc2ccc(OC)nc2OC)c1=O. The molecule has 2 heterocycles. The molecule has 158 valence electrons. The maximum absolute atomic E-state index is 13.0. The average Bonchev–Trinajstić information content (AvgIpc) is 2.76.